The average molecular weight is 259 g/mol. The molecule has 0 bridgehead atoms. The van der Waals surface area contributed by atoms with Gasteiger partial charge in [0.2, 0.25) is 0 Å². The molecule has 0 aromatic carbocycles. The number of carbonyl (C=O) groups is 1. The van der Waals surface area contributed by atoms with Crippen LogP contribution in [0.4, 0.5) is 0 Å². The molecule has 1 aromatic rings. The highest BCUT2D eigenvalue weighted by Gasteiger charge is 2.32. The number of hydrogen-bond donors (Lipinski definition) is 0. The van der Waals surface area contributed by atoms with Gasteiger partial charge in [0.05, 0.1) is 10.8 Å². The minimum Gasteiger partial charge on any atom is -0.337 e. The molecule has 88 valence electrons. The zero-order valence-electron chi connectivity index (χ0n) is 8.92. The zero-order chi connectivity index (χ0) is 11.8. The fourth-order valence-electron chi connectivity index (χ4n) is 1.83. The first-order valence-electron chi connectivity index (χ1n) is 4.99. The van der Waals surface area contributed by atoms with Crippen molar-refractivity contribution >= 4 is 27.1 Å². The summed E-state index contributed by atoms with van der Waals surface area (Å²) in [7, 11) is -3.03. The number of nitrogens with zero attached hydrogens (tertiary/aromatic N) is 1. The molecule has 0 spiro atoms. The van der Waals surface area contributed by atoms with Gasteiger partial charge in [-0.3, -0.25) is 4.79 Å². The summed E-state index contributed by atoms with van der Waals surface area (Å²) in [6.45, 7) is 0.861. The molecule has 0 radical (unpaired) electrons. The molecule has 16 heavy (non-hydrogen) atoms. The second kappa shape index (κ2) is 4.18. The van der Waals surface area contributed by atoms with Crippen LogP contribution < -0.4 is 0 Å². The van der Waals surface area contributed by atoms with E-state index in [0.717, 1.165) is 0 Å². The predicted molar refractivity (Wildman–Crippen MR) is 63.5 cm³/mol. The number of likely N-dealkylation sites (tertiary alicyclic amines) is 1. The molecule has 0 aliphatic carbocycles. The molecule has 1 amide bonds. The lowest BCUT2D eigenvalue weighted by Gasteiger charge is -2.15. The molecule has 0 saturated carbocycles. The van der Waals surface area contributed by atoms with Gasteiger partial charge in [-0.2, -0.15) is 11.3 Å². The van der Waals surface area contributed by atoms with Gasteiger partial charge < -0.3 is 4.90 Å². The molecule has 6 heteroatoms. The highest BCUT2D eigenvalue weighted by Crippen LogP contribution is 2.19. The van der Waals surface area contributed by atoms with Crippen LogP contribution in [0.1, 0.15) is 16.8 Å². The minimum atomic E-state index is -3.03. The maximum atomic E-state index is 11.9. The monoisotopic (exact) mass is 259 g/mol. The van der Waals surface area contributed by atoms with Crippen LogP contribution in [0, 0.1) is 0 Å². The van der Waals surface area contributed by atoms with Crippen LogP contribution in [0.3, 0.4) is 0 Å². The van der Waals surface area contributed by atoms with Gasteiger partial charge in [-0.25, -0.2) is 8.42 Å². The van der Waals surface area contributed by atoms with Crippen molar-refractivity contribution in [2.24, 2.45) is 0 Å². The van der Waals surface area contributed by atoms with E-state index in [2.05, 4.69) is 0 Å². The average Bonchev–Trinajstić information content (AvgIpc) is 2.87. The SMILES string of the molecule is CS(=O)(=O)[C@H]1CCN(C(=O)c2ccsc2)C1. The minimum absolute atomic E-state index is 0.0626. The van der Waals surface area contributed by atoms with Crippen molar-refractivity contribution in [3.8, 4) is 0 Å². The van der Waals surface area contributed by atoms with Crippen LogP contribution in [0.15, 0.2) is 16.8 Å². The summed E-state index contributed by atoms with van der Waals surface area (Å²) >= 11 is 1.47. The number of rotatable bonds is 2. The van der Waals surface area contributed by atoms with Crippen LogP contribution in [-0.4, -0.2) is 43.8 Å². The van der Waals surface area contributed by atoms with Gasteiger partial charge in [0.15, 0.2) is 9.84 Å². The lowest BCUT2D eigenvalue weighted by molar-refractivity contribution is 0.0794. The first-order chi connectivity index (χ1) is 7.48. The van der Waals surface area contributed by atoms with Gasteiger partial charge in [-0.15, -0.1) is 0 Å². The third kappa shape index (κ3) is 2.27. The number of carbonyl (C=O) groups excluding carboxylic acids is 1. The van der Waals surface area contributed by atoms with Crippen molar-refractivity contribution in [3.63, 3.8) is 0 Å². The van der Waals surface area contributed by atoms with Crippen molar-refractivity contribution in [1.82, 2.24) is 4.90 Å². The van der Waals surface area contributed by atoms with E-state index in [9.17, 15) is 13.2 Å². The fourth-order valence-corrected chi connectivity index (χ4v) is 3.44. The lowest BCUT2D eigenvalue weighted by atomic mass is 10.3. The smallest absolute Gasteiger partial charge is 0.254 e. The Balaban J connectivity index is 2.08. The Morgan fingerprint density at radius 3 is 2.81 bits per heavy atom. The fraction of sp³-hybridized carbons (Fsp3) is 0.500. The van der Waals surface area contributed by atoms with E-state index in [1.165, 1.54) is 17.6 Å². The van der Waals surface area contributed by atoms with Gasteiger partial charge in [0.1, 0.15) is 0 Å². The second-order valence-corrected chi connectivity index (χ2v) is 7.11. The highest BCUT2D eigenvalue weighted by atomic mass is 32.2. The van der Waals surface area contributed by atoms with Gasteiger partial charge in [-0.1, -0.05) is 0 Å². The molecule has 1 atom stereocenters. The lowest BCUT2D eigenvalue weighted by Crippen LogP contribution is -2.31. The Morgan fingerprint density at radius 2 is 2.31 bits per heavy atom. The van der Waals surface area contributed by atoms with Crippen molar-refractivity contribution < 1.29 is 13.2 Å². The Bertz CT molecular complexity index is 478. The Morgan fingerprint density at radius 1 is 1.56 bits per heavy atom. The van der Waals surface area contributed by atoms with E-state index in [1.54, 1.807) is 16.3 Å². The number of thiophene rings is 1. The number of sulfone groups is 1. The van der Waals surface area contributed by atoms with Gasteiger partial charge in [0.25, 0.3) is 5.91 Å². The maximum Gasteiger partial charge on any atom is 0.254 e. The van der Waals surface area contributed by atoms with Crippen LogP contribution in [0.5, 0.6) is 0 Å². The summed E-state index contributed by atoms with van der Waals surface area (Å²) in [4.78, 5) is 13.5. The number of amides is 1. The molecule has 1 aromatic heterocycles. The third-order valence-corrected chi connectivity index (χ3v) is 5.08. The molecule has 1 fully saturated rings. The molecule has 0 N–H and O–H groups in total. The molecule has 1 aliphatic rings. The van der Waals surface area contributed by atoms with Crippen molar-refractivity contribution in [1.29, 1.82) is 0 Å². The van der Waals surface area contributed by atoms with Crippen LogP contribution >= 0.6 is 11.3 Å². The molecule has 1 saturated heterocycles. The Kier molecular flexibility index (Phi) is 3.03. The summed E-state index contributed by atoms with van der Waals surface area (Å²) in [6, 6.07) is 1.76. The standard InChI is InChI=1S/C10H13NO3S2/c1-16(13,14)9-2-4-11(6-9)10(12)8-3-5-15-7-8/h3,5,7,9H,2,4,6H2,1H3/t9-/m0/s1. The molecular formula is C10H13NO3S2. The maximum absolute atomic E-state index is 11.9. The first-order valence-corrected chi connectivity index (χ1v) is 7.88. The second-order valence-electron chi connectivity index (χ2n) is 4.00. The van der Waals surface area contributed by atoms with Gasteiger partial charge in [-0.05, 0) is 17.9 Å². The molecule has 2 rings (SSSR count). The molecule has 1 aliphatic heterocycles. The third-order valence-electron chi connectivity index (χ3n) is 2.81. The summed E-state index contributed by atoms with van der Waals surface area (Å²) in [5, 5.41) is 3.24. The molecule has 2 heterocycles. The van der Waals surface area contributed by atoms with Crippen molar-refractivity contribution in [3.05, 3.63) is 22.4 Å². The zero-order valence-corrected chi connectivity index (χ0v) is 10.6. The van der Waals surface area contributed by atoms with E-state index < -0.39 is 15.1 Å². The van der Waals surface area contributed by atoms with E-state index in [-0.39, 0.29) is 5.91 Å². The largest absolute Gasteiger partial charge is 0.337 e. The van der Waals surface area contributed by atoms with E-state index in [4.69, 9.17) is 0 Å². The molecule has 0 unspecified atom stereocenters. The topological polar surface area (TPSA) is 54.5 Å². The van der Waals surface area contributed by atoms with Crippen LogP contribution in [-0.2, 0) is 9.84 Å². The van der Waals surface area contributed by atoms with Crippen molar-refractivity contribution in [2.75, 3.05) is 19.3 Å². The van der Waals surface area contributed by atoms with E-state index in [1.807, 2.05) is 5.38 Å². The van der Waals surface area contributed by atoms with E-state index in [0.29, 0.717) is 25.1 Å². The Hall–Kier alpha value is -0.880. The summed E-state index contributed by atoms with van der Waals surface area (Å²) in [5.41, 5.74) is 0.652. The first kappa shape index (κ1) is 11.6. The Labute approximate surface area is 98.8 Å². The highest BCUT2D eigenvalue weighted by molar-refractivity contribution is 7.91. The van der Waals surface area contributed by atoms with E-state index >= 15 is 0 Å². The molecule has 4 nitrogen and oxygen atoms in total. The molecular weight excluding hydrogens is 246 g/mol. The van der Waals surface area contributed by atoms with Crippen molar-refractivity contribution in [2.45, 2.75) is 11.7 Å². The van der Waals surface area contributed by atoms with Crippen LogP contribution in [0.25, 0.3) is 0 Å². The summed E-state index contributed by atoms with van der Waals surface area (Å²) in [5.74, 6) is -0.0626. The van der Waals surface area contributed by atoms with Crippen LogP contribution in [0.2, 0.25) is 0 Å². The summed E-state index contributed by atoms with van der Waals surface area (Å²) < 4.78 is 22.7. The van der Waals surface area contributed by atoms with Gasteiger partial charge in [0, 0.05) is 24.7 Å². The van der Waals surface area contributed by atoms with Gasteiger partial charge >= 0.3 is 0 Å². The normalized spacial score (nSPS) is 21.3. The quantitative estimate of drug-likeness (QED) is 0.796. The summed E-state index contributed by atoms with van der Waals surface area (Å²) in [6.07, 6.45) is 1.78. The predicted octanol–water partition coefficient (Wildman–Crippen LogP) is 1.01. The number of hydrogen-bond acceptors (Lipinski definition) is 4.